The molecular weight excluding hydrogens is 330 g/mol. The van der Waals surface area contributed by atoms with Crippen LogP contribution in [0.1, 0.15) is 25.5 Å². The number of nitrogens with zero attached hydrogens (tertiary/aromatic N) is 1. The number of rotatable bonds is 0. The Morgan fingerprint density at radius 3 is 2.79 bits per heavy atom. The van der Waals surface area contributed by atoms with Crippen LogP contribution in [-0.4, -0.2) is 20.5 Å². The van der Waals surface area contributed by atoms with Crippen LogP contribution in [0.3, 0.4) is 0 Å². The largest absolute Gasteiger partial charge is 0.486 e. The molecule has 3 rings (SSSR count). The van der Waals surface area contributed by atoms with Gasteiger partial charge in [-0.2, -0.15) is 0 Å². The summed E-state index contributed by atoms with van der Waals surface area (Å²) in [5, 5.41) is 11.9. The molecule has 0 fully saturated rings. The molecule has 2 heterocycles. The highest BCUT2D eigenvalue weighted by atomic mass is 79.9. The van der Waals surface area contributed by atoms with E-state index in [1.54, 1.807) is 6.07 Å². The van der Waals surface area contributed by atoms with E-state index in [2.05, 4.69) is 20.9 Å². The third-order valence-electron chi connectivity index (χ3n) is 3.45. The average Bonchev–Trinajstić information content (AvgIpc) is 2.35. The Hall–Kier alpha value is -0.840. The monoisotopic (exact) mass is 341 g/mol. The summed E-state index contributed by atoms with van der Waals surface area (Å²) in [5.41, 5.74) is 1.05. The molecule has 0 aliphatic carbocycles. The fourth-order valence-corrected chi connectivity index (χ4v) is 2.95. The van der Waals surface area contributed by atoms with Gasteiger partial charge in [0.05, 0.1) is 16.4 Å². The first kappa shape index (κ1) is 13.2. The van der Waals surface area contributed by atoms with Crippen molar-refractivity contribution in [3.8, 4) is 5.75 Å². The number of halogens is 2. The Morgan fingerprint density at radius 2 is 2.05 bits per heavy atom. The summed E-state index contributed by atoms with van der Waals surface area (Å²) in [6, 6.07) is 7.29. The molecule has 1 aliphatic heterocycles. The van der Waals surface area contributed by atoms with Crippen LogP contribution in [0.25, 0.3) is 10.9 Å². The molecule has 1 aliphatic rings. The minimum atomic E-state index is -0.648. The van der Waals surface area contributed by atoms with E-state index < -0.39 is 11.7 Å². The molecule has 1 N–H and O–H groups in total. The number of pyridine rings is 1. The number of ether oxygens (including phenoxy) is 1. The summed E-state index contributed by atoms with van der Waals surface area (Å²) in [4.78, 5) is 4.08. The highest BCUT2D eigenvalue weighted by Gasteiger charge is 2.42. The summed E-state index contributed by atoms with van der Waals surface area (Å²) in [7, 11) is 0. The Kier molecular flexibility index (Phi) is 3.00. The van der Waals surface area contributed by atoms with Gasteiger partial charge >= 0.3 is 0 Å². The van der Waals surface area contributed by atoms with E-state index in [0.717, 1.165) is 16.5 Å². The lowest BCUT2D eigenvalue weighted by atomic mass is 9.89. The first-order valence-corrected chi connectivity index (χ1v) is 7.30. The Labute approximate surface area is 124 Å². The molecule has 0 unspecified atom stereocenters. The zero-order valence-electron chi connectivity index (χ0n) is 10.5. The molecule has 0 saturated heterocycles. The summed E-state index contributed by atoms with van der Waals surface area (Å²) in [5.74, 6) is 0.699. The van der Waals surface area contributed by atoms with Crippen molar-refractivity contribution in [2.24, 2.45) is 0 Å². The van der Waals surface area contributed by atoms with Crippen LogP contribution >= 0.6 is 27.5 Å². The van der Waals surface area contributed by atoms with Gasteiger partial charge in [0.25, 0.3) is 0 Å². The summed E-state index contributed by atoms with van der Waals surface area (Å²) >= 11 is 9.42. The quantitative estimate of drug-likeness (QED) is 0.584. The summed E-state index contributed by atoms with van der Waals surface area (Å²) in [6.07, 6.45) is -0.648. The number of aliphatic hydroxyl groups is 1. The van der Waals surface area contributed by atoms with Crippen LogP contribution in [0.15, 0.2) is 24.3 Å². The maximum atomic E-state index is 10.5. The van der Waals surface area contributed by atoms with Gasteiger partial charge in [0.15, 0.2) is 0 Å². The Balaban J connectivity index is 2.28. The molecule has 1 aromatic heterocycles. The number of hydrogen-bond donors (Lipinski definition) is 1. The highest BCUT2D eigenvalue weighted by Crippen LogP contribution is 2.45. The second-order valence-electron chi connectivity index (χ2n) is 5.23. The fraction of sp³-hybridized carbons (Fsp3) is 0.357. The maximum Gasteiger partial charge on any atom is 0.129 e. The summed E-state index contributed by atoms with van der Waals surface area (Å²) < 4.78 is 5.97. The van der Waals surface area contributed by atoms with Gasteiger partial charge < -0.3 is 9.84 Å². The molecular formula is C14H13BrClNO2. The maximum absolute atomic E-state index is 10.5. The number of alkyl halides is 1. The van der Waals surface area contributed by atoms with E-state index >= 15 is 0 Å². The average molecular weight is 343 g/mol. The van der Waals surface area contributed by atoms with Crippen LogP contribution in [0.2, 0.25) is 5.15 Å². The van der Waals surface area contributed by atoms with E-state index in [1.165, 1.54) is 0 Å². The molecule has 100 valence electrons. The lowest BCUT2D eigenvalue weighted by molar-refractivity contribution is 0.0236. The zero-order valence-corrected chi connectivity index (χ0v) is 12.9. The molecule has 5 heteroatoms. The molecule has 0 spiro atoms. The molecule has 0 bridgehead atoms. The van der Waals surface area contributed by atoms with Crippen molar-refractivity contribution >= 4 is 38.4 Å². The van der Waals surface area contributed by atoms with Gasteiger partial charge in [-0.15, -0.1) is 0 Å². The molecule has 3 nitrogen and oxygen atoms in total. The van der Waals surface area contributed by atoms with Crippen LogP contribution in [0.5, 0.6) is 5.75 Å². The van der Waals surface area contributed by atoms with Gasteiger partial charge in [-0.1, -0.05) is 27.5 Å². The molecule has 0 radical (unpaired) electrons. The number of aliphatic hydroxyl groups excluding tert-OH is 1. The van der Waals surface area contributed by atoms with Crippen molar-refractivity contribution in [1.29, 1.82) is 0 Å². The van der Waals surface area contributed by atoms with E-state index in [4.69, 9.17) is 16.3 Å². The van der Waals surface area contributed by atoms with E-state index in [-0.39, 0.29) is 4.83 Å². The number of fused-ring (bicyclic) bond motifs is 3. The lowest BCUT2D eigenvalue weighted by Gasteiger charge is -2.40. The number of aromatic nitrogens is 1. The molecule has 0 saturated carbocycles. The standard InChI is InChI=1S/C14H13BrClNO2/c1-14(2)13(15)12(18)11-7-3-6-10(16)17-8(7)4-5-9(11)19-14/h3-6,12-13,18H,1-2H3/t12-,13+/m1/s1. The second kappa shape index (κ2) is 4.33. The van der Waals surface area contributed by atoms with Crippen molar-refractivity contribution in [2.75, 3.05) is 0 Å². The van der Waals surface area contributed by atoms with Gasteiger partial charge in [0.2, 0.25) is 0 Å². The van der Waals surface area contributed by atoms with Gasteiger partial charge in [0, 0.05) is 10.9 Å². The van der Waals surface area contributed by atoms with Crippen molar-refractivity contribution in [3.63, 3.8) is 0 Å². The number of benzene rings is 1. The van der Waals surface area contributed by atoms with Crippen molar-refractivity contribution in [1.82, 2.24) is 4.98 Å². The van der Waals surface area contributed by atoms with Crippen LogP contribution in [0.4, 0.5) is 0 Å². The lowest BCUT2D eigenvalue weighted by Crippen LogP contribution is -2.45. The predicted molar refractivity (Wildman–Crippen MR) is 79.1 cm³/mol. The molecule has 1 aromatic carbocycles. The van der Waals surface area contributed by atoms with Crippen molar-refractivity contribution in [2.45, 2.75) is 30.4 Å². The van der Waals surface area contributed by atoms with Crippen LogP contribution in [-0.2, 0) is 0 Å². The molecule has 2 atom stereocenters. The van der Waals surface area contributed by atoms with Crippen molar-refractivity contribution < 1.29 is 9.84 Å². The molecule has 2 aromatic rings. The second-order valence-corrected chi connectivity index (χ2v) is 6.60. The topological polar surface area (TPSA) is 42.4 Å². The van der Waals surface area contributed by atoms with Gasteiger partial charge in [0.1, 0.15) is 16.5 Å². The minimum Gasteiger partial charge on any atom is -0.486 e. The SMILES string of the molecule is CC1(C)Oc2ccc3nc(Cl)ccc3c2[C@@H](O)[C@@H]1Br. The Morgan fingerprint density at radius 1 is 1.32 bits per heavy atom. The highest BCUT2D eigenvalue weighted by molar-refractivity contribution is 9.09. The smallest absolute Gasteiger partial charge is 0.129 e. The van der Waals surface area contributed by atoms with E-state index in [9.17, 15) is 5.11 Å². The first-order valence-electron chi connectivity index (χ1n) is 6.00. The fourth-order valence-electron chi connectivity index (χ4n) is 2.44. The predicted octanol–water partition coefficient (Wildman–Crippen LogP) is 3.86. The van der Waals surface area contributed by atoms with Gasteiger partial charge in [-0.25, -0.2) is 4.98 Å². The van der Waals surface area contributed by atoms with Crippen molar-refractivity contribution in [3.05, 3.63) is 35.0 Å². The van der Waals surface area contributed by atoms with Gasteiger partial charge in [-0.3, -0.25) is 0 Å². The summed E-state index contributed by atoms with van der Waals surface area (Å²) in [6.45, 7) is 3.89. The molecule has 19 heavy (non-hydrogen) atoms. The zero-order chi connectivity index (χ0) is 13.8. The van der Waals surface area contributed by atoms with E-state index in [0.29, 0.717) is 10.9 Å². The van der Waals surface area contributed by atoms with Gasteiger partial charge in [-0.05, 0) is 38.1 Å². The normalized spacial score (nSPS) is 24.9. The third-order valence-corrected chi connectivity index (χ3v) is 5.26. The third kappa shape index (κ3) is 2.02. The van der Waals surface area contributed by atoms with E-state index in [1.807, 2.05) is 32.0 Å². The minimum absolute atomic E-state index is 0.186. The van der Waals surface area contributed by atoms with Crippen LogP contribution in [0, 0.1) is 0 Å². The first-order chi connectivity index (χ1) is 8.90. The number of hydrogen-bond acceptors (Lipinski definition) is 3. The Bertz CT molecular complexity index is 659. The van der Waals surface area contributed by atoms with Crippen LogP contribution < -0.4 is 4.74 Å². The molecule has 0 amide bonds.